The quantitative estimate of drug-likeness (QED) is 0.815. The third-order valence-corrected chi connectivity index (χ3v) is 4.90. The summed E-state index contributed by atoms with van der Waals surface area (Å²) < 4.78 is 5.17. The monoisotopic (exact) mass is 366 g/mol. The van der Waals surface area contributed by atoms with Gasteiger partial charge in [-0.1, -0.05) is 18.2 Å². The van der Waals surface area contributed by atoms with E-state index in [0.29, 0.717) is 12.0 Å². The van der Waals surface area contributed by atoms with Crippen molar-refractivity contribution in [3.63, 3.8) is 0 Å². The Kier molecular flexibility index (Phi) is 6.12. The van der Waals surface area contributed by atoms with Crippen molar-refractivity contribution in [1.29, 1.82) is 0 Å². The molecule has 1 N–H and O–H groups in total. The molecule has 1 saturated heterocycles. The molecule has 0 spiro atoms. The Morgan fingerprint density at radius 1 is 1.22 bits per heavy atom. The summed E-state index contributed by atoms with van der Waals surface area (Å²) >= 11 is 0. The lowest BCUT2D eigenvalue weighted by Gasteiger charge is -2.18. The van der Waals surface area contributed by atoms with E-state index >= 15 is 0 Å². The van der Waals surface area contributed by atoms with Gasteiger partial charge in [0.05, 0.1) is 7.11 Å². The molecule has 1 fully saturated rings. The van der Waals surface area contributed by atoms with Crippen molar-refractivity contribution in [2.45, 2.75) is 38.6 Å². The smallest absolute Gasteiger partial charge is 0.251 e. The molecule has 0 saturated carbocycles. The first-order valence-corrected chi connectivity index (χ1v) is 9.41. The molecule has 27 heavy (non-hydrogen) atoms. The van der Waals surface area contributed by atoms with E-state index in [-0.39, 0.29) is 17.9 Å². The molecule has 1 atom stereocenters. The van der Waals surface area contributed by atoms with Crippen molar-refractivity contribution in [2.75, 3.05) is 18.6 Å². The zero-order valence-electron chi connectivity index (χ0n) is 15.9. The number of carbonyl (C=O) groups is 2. The summed E-state index contributed by atoms with van der Waals surface area (Å²) in [6, 6.07) is 15.3. The Balaban J connectivity index is 1.55. The highest BCUT2D eigenvalue weighted by atomic mass is 16.5. The number of rotatable bonds is 7. The van der Waals surface area contributed by atoms with E-state index in [1.807, 2.05) is 43.3 Å². The minimum Gasteiger partial charge on any atom is -0.497 e. The van der Waals surface area contributed by atoms with E-state index in [0.717, 1.165) is 37.2 Å². The van der Waals surface area contributed by atoms with Gasteiger partial charge in [-0.2, -0.15) is 0 Å². The van der Waals surface area contributed by atoms with E-state index in [4.69, 9.17) is 4.74 Å². The van der Waals surface area contributed by atoms with Crippen LogP contribution in [0.5, 0.6) is 5.75 Å². The maximum absolute atomic E-state index is 12.6. The van der Waals surface area contributed by atoms with Crippen LogP contribution < -0.4 is 15.0 Å². The number of carbonyl (C=O) groups excluding carboxylic acids is 2. The van der Waals surface area contributed by atoms with Gasteiger partial charge in [0.1, 0.15) is 5.75 Å². The average Bonchev–Trinajstić information content (AvgIpc) is 3.13. The molecule has 2 aromatic carbocycles. The van der Waals surface area contributed by atoms with Gasteiger partial charge >= 0.3 is 0 Å². The van der Waals surface area contributed by atoms with Crippen LogP contribution in [0.3, 0.4) is 0 Å². The summed E-state index contributed by atoms with van der Waals surface area (Å²) in [6.07, 6.45) is 3.19. The lowest BCUT2D eigenvalue weighted by Crippen LogP contribution is -2.33. The van der Waals surface area contributed by atoms with Crippen LogP contribution in [0, 0.1) is 0 Å². The van der Waals surface area contributed by atoms with E-state index in [1.165, 1.54) is 5.56 Å². The number of benzene rings is 2. The van der Waals surface area contributed by atoms with E-state index in [1.54, 1.807) is 24.1 Å². The predicted octanol–water partition coefficient (Wildman–Crippen LogP) is 3.57. The molecule has 2 amide bonds. The highest BCUT2D eigenvalue weighted by molar-refractivity contribution is 5.99. The maximum Gasteiger partial charge on any atom is 0.251 e. The summed E-state index contributed by atoms with van der Waals surface area (Å²) in [6.45, 7) is 2.73. The molecule has 1 heterocycles. The molecule has 2 aromatic rings. The van der Waals surface area contributed by atoms with Gasteiger partial charge in [0.15, 0.2) is 0 Å². The number of anilines is 1. The second-order valence-electron chi connectivity index (χ2n) is 6.96. The van der Waals surface area contributed by atoms with Crippen molar-refractivity contribution < 1.29 is 14.3 Å². The van der Waals surface area contributed by atoms with Gasteiger partial charge < -0.3 is 15.0 Å². The highest BCUT2D eigenvalue weighted by Crippen LogP contribution is 2.22. The Labute approximate surface area is 160 Å². The largest absolute Gasteiger partial charge is 0.497 e. The normalized spacial score (nSPS) is 14.9. The number of hydrogen-bond donors (Lipinski definition) is 1. The zero-order chi connectivity index (χ0) is 19.2. The van der Waals surface area contributed by atoms with Gasteiger partial charge in [-0.3, -0.25) is 9.59 Å². The topological polar surface area (TPSA) is 58.6 Å². The first kappa shape index (κ1) is 19.0. The van der Waals surface area contributed by atoms with Gasteiger partial charge in [0.2, 0.25) is 5.91 Å². The third-order valence-electron chi connectivity index (χ3n) is 4.90. The molecule has 1 aliphatic rings. The van der Waals surface area contributed by atoms with E-state index in [9.17, 15) is 9.59 Å². The number of nitrogens with one attached hydrogen (secondary N) is 1. The van der Waals surface area contributed by atoms with Crippen LogP contribution in [0.2, 0.25) is 0 Å². The Hall–Kier alpha value is -2.82. The van der Waals surface area contributed by atoms with Crippen LogP contribution >= 0.6 is 0 Å². The molecule has 0 aliphatic carbocycles. The lowest BCUT2D eigenvalue weighted by atomic mass is 10.1. The molecule has 0 aromatic heterocycles. The first-order valence-electron chi connectivity index (χ1n) is 9.41. The Morgan fingerprint density at radius 2 is 2.00 bits per heavy atom. The standard InChI is InChI=1S/C22H26N2O3/c1-16(8-9-17-10-12-20(27-2)13-11-17)23-22(26)18-5-3-6-19(15-18)24-14-4-7-21(24)25/h3,5-6,10-13,15-16H,4,7-9,14H2,1-2H3,(H,23,26). The molecule has 5 nitrogen and oxygen atoms in total. The molecular formula is C22H26N2O3. The third kappa shape index (κ3) is 4.88. The van der Waals surface area contributed by atoms with Crippen LogP contribution in [-0.4, -0.2) is 31.5 Å². The minimum atomic E-state index is -0.106. The predicted molar refractivity (Wildman–Crippen MR) is 106 cm³/mol. The van der Waals surface area contributed by atoms with Crippen molar-refractivity contribution in [3.05, 3.63) is 59.7 Å². The maximum atomic E-state index is 12.6. The fraction of sp³-hybridized carbons (Fsp3) is 0.364. The molecule has 5 heteroatoms. The second-order valence-corrected chi connectivity index (χ2v) is 6.96. The second kappa shape index (κ2) is 8.71. The zero-order valence-corrected chi connectivity index (χ0v) is 15.9. The number of aryl methyl sites for hydroxylation is 1. The first-order chi connectivity index (χ1) is 13.1. The van der Waals surface area contributed by atoms with Gasteiger partial charge in [-0.05, 0) is 62.1 Å². The highest BCUT2D eigenvalue weighted by Gasteiger charge is 2.22. The average molecular weight is 366 g/mol. The van der Waals surface area contributed by atoms with Crippen LogP contribution in [-0.2, 0) is 11.2 Å². The lowest BCUT2D eigenvalue weighted by molar-refractivity contribution is -0.117. The van der Waals surface area contributed by atoms with Gasteiger partial charge in [-0.25, -0.2) is 0 Å². The summed E-state index contributed by atoms with van der Waals surface area (Å²) in [7, 11) is 1.65. The van der Waals surface area contributed by atoms with E-state index in [2.05, 4.69) is 5.32 Å². The van der Waals surface area contributed by atoms with E-state index < -0.39 is 0 Å². The van der Waals surface area contributed by atoms with Crippen LogP contribution in [0.1, 0.15) is 42.1 Å². The summed E-state index contributed by atoms with van der Waals surface area (Å²) in [5, 5.41) is 3.05. The Morgan fingerprint density at radius 3 is 2.67 bits per heavy atom. The van der Waals surface area contributed by atoms with Gasteiger partial charge in [-0.15, -0.1) is 0 Å². The molecule has 1 unspecified atom stereocenters. The molecular weight excluding hydrogens is 340 g/mol. The fourth-order valence-electron chi connectivity index (χ4n) is 3.29. The SMILES string of the molecule is COc1ccc(CCC(C)NC(=O)c2cccc(N3CCCC3=O)c2)cc1. The number of methoxy groups -OCH3 is 1. The molecule has 0 bridgehead atoms. The summed E-state index contributed by atoms with van der Waals surface area (Å²) in [5.74, 6) is 0.864. The molecule has 0 radical (unpaired) electrons. The van der Waals surface area contributed by atoms with Gasteiger partial charge in [0, 0.05) is 30.3 Å². The van der Waals surface area contributed by atoms with Crippen molar-refractivity contribution in [2.24, 2.45) is 0 Å². The number of ether oxygens (including phenoxy) is 1. The summed E-state index contributed by atoms with van der Waals surface area (Å²) in [5.41, 5.74) is 2.60. The Bertz CT molecular complexity index is 801. The minimum absolute atomic E-state index is 0.0525. The van der Waals surface area contributed by atoms with Crippen LogP contribution in [0.15, 0.2) is 48.5 Å². The molecule has 1 aliphatic heterocycles. The number of nitrogens with zero attached hydrogens (tertiary/aromatic N) is 1. The van der Waals surface area contributed by atoms with Crippen molar-refractivity contribution >= 4 is 17.5 Å². The fourth-order valence-corrected chi connectivity index (χ4v) is 3.29. The number of amides is 2. The van der Waals surface area contributed by atoms with Gasteiger partial charge in [0.25, 0.3) is 5.91 Å². The molecule has 3 rings (SSSR count). The van der Waals surface area contributed by atoms with Crippen LogP contribution in [0.25, 0.3) is 0 Å². The van der Waals surface area contributed by atoms with Crippen molar-refractivity contribution in [3.8, 4) is 5.75 Å². The number of hydrogen-bond acceptors (Lipinski definition) is 3. The van der Waals surface area contributed by atoms with Crippen LogP contribution in [0.4, 0.5) is 5.69 Å². The molecule has 142 valence electrons. The summed E-state index contributed by atoms with van der Waals surface area (Å²) in [4.78, 5) is 26.2. The van der Waals surface area contributed by atoms with Crippen molar-refractivity contribution in [1.82, 2.24) is 5.32 Å².